The lowest BCUT2D eigenvalue weighted by Gasteiger charge is -2.10. The third kappa shape index (κ3) is 3.69. The first-order chi connectivity index (χ1) is 8.99. The summed E-state index contributed by atoms with van der Waals surface area (Å²) in [4.78, 5) is 20.2. The minimum atomic E-state index is -0.924. The largest absolute Gasteiger partial charge is 0.478 e. The highest BCUT2D eigenvalue weighted by atomic mass is 32.2. The molecule has 4 nitrogen and oxygen atoms in total. The van der Waals surface area contributed by atoms with Gasteiger partial charge in [-0.25, -0.2) is 14.8 Å². The van der Waals surface area contributed by atoms with Crippen molar-refractivity contribution < 1.29 is 9.90 Å². The van der Waals surface area contributed by atoms with Crippen LogP contribution in [0.4, 0.5) is 0 Å². The van der Waals surface area contributed by atoms with Gasteiger partial charge in [0.1, 0.15) is 16.4 Å². The number of aryl methyl sites for hydroxylation is 1. The van der Waals surface area contributed by atoms with E-state index in [1.807, 2.05) is 0 Å². The van der Waals surface area contributed by atoms with Gasteiger partial charge in [0.05, 0.1) is 5.69 Å². The van der Waals surface area contributed by atoms with Crippen LogP contribution < -0.4 is 0 Å². The first-order valence-electron chi connectivity index (χ1n) is 6.73. The maximum atomic E-state index is 11.3. The van der Waals surface area contributed by atoms with Crippen LogP contribution in [0.3, 0.4) is 0 Å². The van der Waals surface area contributed by atoms with Gasteiger partial charge in [-0.2, -0.15) is 0 Å². The number of aromatic carboxylic acids is 1. The molecule has 5 heteroatoms. The van der Waals surface area contributed by atoms with E-state index in [4.69, 9.17) is 0 Å². The zero-order valence-corrected chi connectivity index (χ0v) is 12.5. The second-order valence-electron chi connectivity index (χ2n) is 5.46. The zero-order chi connectivity index (χ0) is 14.0. The molecule has 1 N–H and O–H groups in total. The van der Waals surface area contributed by atoms with E-state index in [2.05, 4.69) is 23.8 Å². The molecular formula is C14H20N2O2S. The number of rotatable bonds is 6. The maximum Gasteiger partial charge on any atom is 0.340 e. The normalized spacial score (nSPS) is 14.9. The van der Waals surface area contributed by atoms with Crippen LogP contribution in [0.1, 0.15) is 60.9 Å². The number of carboxylic acid groups (broad SMARTS) is 1. The SMILES string of the molecule is Cc1nc(C2CC2)nc(SCCC(C)C)c1C(=O)O. The number of carbonyl (C=O) groups is 1. The average Bonchev–Trinajstić information content (AvgIpc) is 3.10. The van der Waals surface area contributed by atoms with Gasteiger partial charge in [0.25, 0.3) is 0 Å². The van der Waals surface area contributed by atoms with Crippen LogP contribution in [0, 0.1) is 12.8 Å². The monoisotopic (exact) mass is 280 g/mol. The minimum absolute atomic E-state index is 0.276. The molecule has 0 radical (unpaired) electrons. The Labute approximate surface area is 118 Å². The van der Waals surface area contributed by atoms with E-state index in [0.29, 0.717) is 22.6 Å². The third-order valence-corrected chi connectivity index (χ3v) is 4.17. The number of thioether (sulfide) groups is 1. The molecule has 0 bridgehead atoms. The minimum Gasteiger partial charge on any atom is -0.478 e. The molecule has 0 aliphatic heterocycles. The van der Waals surface area contributed by atoms with Gasteiger partial charge in [-0.1, -0.05) is 13.8 Å². The first-order valence-corrected chi connectivity index (χ1v) is 7.72. The highest BCUT2D eigenvalue weighted by Gasteiger charge is 2.29. The van der Waals surface area contributed by atoms with Crippen LogP contribution in [0.2, 0.25) is 0 Å². The van der Waals surface area contributed by atoms with Gasteiger partial charge in [0, 0.05) is 5.92 Å². The summed E-state index contributed by atoms with van der Waals surface area (Å²) in [5.41, 5.74) is 0.870. The fourth-order valence-electron chi connectivity index (χ4n) is 1.83. The highest BCUT2D eigenvalue weighted by molar-refractivity contribution is 7.99. The van der Waals surface area contributed by atoms with Crippen molar-refractivity contribution in [2.75, 3.05) is 5.75 Å². The zero-order valence-electron chi connectivity index (χ0n) is 11.6. The van der Waals surface area contributed by atoms with Crippen molar-refractivity contribution in [1.82, 2.24) is 9.97 Å². The molecule has 0 spiro atoms. The molecule has 1 aromatic rings. The summed E-state index contributed by atoms with van der Waals surface area (Å²) in [6.07, 6.45) is 3.31. The van der Waals surface area contributed by atoms with Crippen molar-refractivity contribution in [3.63, 3.8) is 0 Å². The number of carboxylic acids is 1. The fraction of sp³-hybridized carbons (Fsp3) is 0.643. The lowest BCUT2D eigenvalue weighted by Crippen LogP contribution is -2.09. The summed E-state index contributed by atoms with van der Waals surface area (Å²) in [7, 11) is 0. The molecule has 0 saturated heterocycles. The number of hydrogen-bond donors (Lipinski definition) is 1. The van der Waals surface area contributed by atoms with Gasteiger partial charge in [0.15, 0.2) is 0 Å². The highest BCUT2D eigenvalue weighted by Crippen LogP contribution is 2.39. The van der Waals surface area contributed by atoms with Crippen molar-refractivity contribution in [3.05, 3.63) is 17.1 Å². The summed E-state index contributed by atoms with van der Waals surface area (Å²) in [6.45, 7) is 6.10. The van der Waals surface area contributed by atoms with Crippen LogP contribution in [-0.2, 0) is 0 Å². The molecule has 1 aromatic heterocycles. The molecule has 19 heavy (non-hydrogen) atoms. The molecular weight excluding hydrogens is 260 g/mol. The molecule has 1 aliphatic rings. The second kappa shape index (κ2) is 5.90. The van der Waals surface area contributed by atoms with Crippen molar-refractivity contribution in [3.8, 4) is 0 Å². The Bertz CT molecular complexity index is 485. The Balaban J connectivity index is 2.23. The topological polar surface area (TPSA) is 63.1 Å². The Kier molecular flexibility index (Phi) is 4.45. The van der Waals surface area contributed by atoms with E-state index in [1.165, 1.54) is 0 Å². The van der Waals surface area contributed by atoms with Crippen LogP contribution >= 0.6 is 11.8 Å². The van der Waals surface area contributed by atoms with E-state index >= 15 is 0 Å². The lowest BCUT2D eigenvalue weighted by molar-refractivity contribution is 0.0690. The van der Waals surface area contributed by atoms with E-state index in [-0.39, 0.29) is 5.56 Å². The summed E-state index contributed by atoms with van der Waals surface area (Å²) in [5, 5.41) is 9.95. The summed E-state index contributed by atoms with van der Waals surface area (Å²) in [5.74, 6) is 1.87. The molecule has 2 rings (SSSR count). The van der Waals surface area contributed by atoms with E-state index < -0.39 is 5.97 Å². The van der Waals surface area contributed by atoms with Gasteiger partial charge in [-0.15, -0.1) is 11.8 Å². The van der Waals surface area contributed by atoms with E-state index in [1.54, 1.807) is 18.7 Å². The molecule has 0 atom stereocenters. The van der Waals surface area contributed by atoms with Crippen molar-refractivity contribution in [2.45, 2.75) is 51.0 Å². The predicted molar refractivity (Wildman–Crippen MR) is 75.9 cm³/mol. The molecule has 1 saturated carbocycles. The Morgan fingerprint density at radius 1 is 1.42 bits per heavy atom. The standard InChI is InChI=1S/C14H20N2O2S/c1-8(2)6-7-19-13-11(14(17)18)9(3)15-12(16-13)10-4-5-10/h8,10H,4-7H2,1-3H3,(H,17,18). The maximum absolute atomic E-state index is 11.3. The molecule has 0 aromatic carbocycles. The molecule has 0 amide bonds. The van der Waals surface area contributed by atoms with Crippen molar-refractivity contribution in [2.24, 2.45) is 5.92 Å². The second-order valence-corrected chi connectivity index (χ2v) is 6.54. The van der Waals surface area contributed by atoms with Crippen molar-refractivity contribution in [1.29, 1.82) is 0 Å². The Hall–Kier alpha value is -1.10. The number of nitrogens with zero attached hydrogens (tertiary/aromatic N) is 2. The lowest BCUT2D eigenvalue weighted by atomic mass is 10.2. The van der Waals surface area contributed by atoms with Crippen LogP contribution in [-0.4, -0.2) is 26.8 Å². The van der Waals surface area contributed by atoms with Gasteiger partial charge in [0.2, 0.25) is 0 Å². The summed E-state index contributed by atoms with van der Waals surface area (Å²) >= 11 is 1.55. The fourth-order valence-corrected chi connectivity index (χ4v) is 3.15. The van der Waals surface area contributed by atoms with Gasteiger partial charge < -0.3 is 5.11 Å². The molecule has 0 unspecified atom stereocenters. The molecule has 1 heterocycles. The quantitative estimate of drug-likeness (QED) is 0.638. The smallest absolute Gasteiger partial charge is 0.340 e. The van der Waals surface area contributed by atoms with E-state index in [9.17, 15) is 9.90 Å². The van der Waals surface area contributed by atoms with E-state index in [0.717, 1.165) is 30.8 Å². The Morgan fingerprint density at radius 2 is 2.11 bits per heavy atom. The van der Waals surface area contributed by atoms with Gasteiger partial charge >= 0.3 is 5.97 Å². The molecule has 1 fully saturated rings. The van der Waals surface area contributed by atoms with Crippen LogP contribution in [0.5, 0.6) is 0 Å². The number of aromatic nitrogens is 2. The van der Waals surface area contributed by atoms with Crippen LogP contribution in [0.25, 0.3) is 0 Å². The van der Waals surface area contributed by atoms with Gasteiger partial charge in [-0.3, -0.25) is 0 Å². The third-order valence-electron chi connectivity index (χ3n) is 3.16. The summed E-state index contributed by atoms with van der Waals surface area (Å²) < 4.78 is 0. The van der Waals surface area contributed by atoms with Crippen molar-refractivity contribution >= 4 is 17.7 Å². The predicted octanol–water partition coefficient (Wildman–Crippen LogP) is 3.50. The molecule has 104 valence electrons. The average molecular weight is 280 g/mol. The molecule has 1 aliphatic carbocycles. The first kappa shape index (κ1) is 14.3. The van der Waals surface area contributed by atoms with Crippen LogP contribution in [0.15, 0.2) is 5.03 Å². The number of hydrogen-bond acceptors (Lipinski definition) is 4. The van der Waals surface area contributed by atoms with Gasteiger partial charge in [-0.05, 0) is 37.9 Å². The Morgan fingerprint density at radius 3 is 2.63 bits per heavy atom. The summed E-state index contributed by atoms with van der Waals surface area (Å²) in [6, 6.07) is 0.